The van der Waals surface area contributed by atoms with Crippen LogP contribution in [0.5, 0.6) is 0 Å². The van der Waals surface area contributed by atoms with Gasteiger partial charge in [0.25, 0.3) is 5.91 Å². The van der Waals surface area contributed by atoms with Crippen molar-refractivity contribution in [3.8, 4) is 0 Å². The van der Waals surface area contributed by atoms with Gasteiger partial charge in [0, 0.05) is 35.6 Å². The first-order valence-corrected chi connectivity index (χ1v) is 9.80. The number of nitrogens with zero attached hydrogens (tertiary/aromatic N) is 1. The number of carbonyl (C=O) groups is 1. The van der Waals surface area contributed by atoms with Crippen molar-refractivity contribution in [1.82, 2.24) is 10.5 Å². The molecule has 1 amide bonds. The zero-order valence-electron chi connectivity index (χ0n) is 15.5. The molecule has 1 aromatic heterocycles. The van der Waals surface area contributed by atoms with Crippen molar-refractivity contribution < 1.29 is 14.1 Å². The maximum Gasteiger partial charge on any atom is 0.256 e. The quantitative estimate of drug-likeness (QED) is 0.780. The second-order valence-electron chi connectivity index (χ2n) is 7.25. The fourth-order valence-electron chi connectivity index (χ4n) is 3.54. The fourth-order valence-corrected chi connectivity index (χ4v) is 3.94. The molecule has 2 aromatic rings. The second kappa shape index (κ2) is 7.92. The third kappa shape index (κ3) is 3.86. The number of nitrogens with one attached hydrogen (secondary N) is 1. The molecule has 5 nitrogen and oxygen atoms in total. The van der Waals surface area contributed by atoms with E-state index >= 15 is 0 Å². The lowest BCUT2D eigenvalue weighted by molar-refractivity contribution is 0.0486. The number of amides is 1. The van der Waals surface area contributed by atoms with Crippen LogP contribution in [0.4, 0.5) is 0 Å². The van der Waals surface area contributed by atoms with Crippen molar-refractivity contribution in [2.45, 2.75) is 44.9 Å². The van der Waals surface area contributed by atoms with Crippen molar-refractivity contribution in [2.75, 3.05) is 19.8 Å². The highest BCUT2D eigenvalue weighted by Crippen LogP contribution is 2.35. The summed E-state index contributed by atoms with van der Waals surface area (Å²) in [6.07, 6.45) is 1.76. The molecule has 0 bridgehead atoms. The summed E-state index contributed by atoms with van der Waals surface area (Å²) in [7, 11) is 0. The predicted octanol–water partition coefficient (Wildman–Crippen LogP) is 4.35. The molecule has 2 heterocycles. The molecule has 26 heavy (non-hydrogen) atoms. The Morgan fingerprint density at radius 2 is 2.08 bits per heavy atom. The van der Waals surface area contributed by atoms with Gasteiger partial charge >= 0.3 is 0 Å². The Bertz CT molecular complexity index is 779. The molecule has 1 aliphatic rings. The van der Waals surface area contributed by atoms with E-state index in [0.29, 0.717) is 36.8 Å². The minimum atomic E-state index is -0.124. The van der Waals surface area contributed by atoms with Crippen molar-refractivity contribution in [3.05, 3.63) is 51.3 Å². The summed E-state index contributed by atoms with van der Waals surface area (Å²) in [5.74, 6) is 0.635. The van der Waals surface area contributed by atoms with Gasteiger partial charge in [0.05, 0.1) is 5.69 Å². The third-order valence-electron chi connectivity index (χ3n) is 5.11. The number of benzene rings is 1. The standard InChI is InChI=1S/C20H25BrN2O3/c1-13(2)18-17(14(3)23-26-18)19(24)22-12-20(7-9-25-10-8-20)15-5-4-6-16(21)11-15/h4-6,11,13H,7-10,12H2,1-3H3,(H,22,24). The van der Waals surface area contributed by atoms with E-state index in [9.17, 15) is 4.79 Å². The van der Waals surface area contributed by atoms with Crippen LogP contribution < -0.4 is 5.32 Å². The van der Waals surface area contributed by atoms with E-state index in [0.717, 1.165) is 17.3 Å². The number of hydrogen-bond donors (Lipinski definition) is 1. The van der Waals surface area contributed by atoms with Gasteiger partial charge in [0.15, 0.2) is 5.76 Å². The van der Waals surface area contributed by atoms with Gasteiger partial charge < -0.3 is 14.6 Å². The summed E-state index contributed by atoms with van der Waals surface area (Å²) < 4.78 is 12.0. The molecule has 3 rings (SSSR count). The maximum atomic E-state index is 12.9. The normalized spacial score (nSPS) is 16.7. The topological polar surface area (TPSA) is 64.4 Å². The molecule has 0 spiro atoms. The largest absolute Gasteiger partial charge is 0.381 e. The van der Waals surface area contributed by atoms with E-state index in [4.69, 9.17) is 9.26 Å². The zero-order chi connectivity index (χ0) is 18.7. The van der Waals surface area contributed by atoms with Gasteiger partial charge in [-0.25, -0.2) is 0 Å². The molecular weight excluding hydrogens is 396 g/mol. The Morgan fingerprint density at radius 3 is 2.73 bits per heavy atom. The Balaban J connectivity index is 1.83. The van der Waals surface area contributed by atoms with E-state index in [1.54, 1.807) is 0 Å². The molecule has 1 saturated heterocycles. The molecule has 0 unspecified atom stereocenters. The van der Waals surface area contributed by atoms with Gasteiger partial charge in [-0.05, 0) is 37.5 Å². The Kier molecular flexibility index (Phi) is 5.82. The van der Waals surface area contributed by atoms with Crippen molar-refractivity contribution in [1.29, 1.82) is 0 Å². The lowest BCUT2D eigenvalue weighted by Gasteiger charge is -2.38. The van der Waals surface area contributed by atoms with Crippen LogP contribution in [0, 0.1) is 6.92 Å². The summed E-state index contributed by atoms with van der Waals surface area (Å²) in [5, 5.41) is 7.12. The molecule has 140 valence electrons. The van der Waals surface area contributed by atoms with Crippen LogP contribution in [0.3, 0.4) is 0 Å². The highest BCUT2D eigenvalue weighted by molar-refractivity contribution is 9.10. The van der Waals surface area contributed by atoms with E-state index in [2.05, 4.69) is 38.5 Å². The lowest BCUT2D eigenvalue weighted by Crippen LogP contribution is -2.44. The summed E-state index contributed by atoms with van der Waals surface area (Å²) in [5.41, 5.74) is 2.30. The fraction of sp³-hybridized carbons (Fsp3) is 0.500. The van der Waals surface area contributed by atoms with Gasteiger partial charge in [-0.3, -0.25) is 4.79 Å². The SMILES string of the molecule is Cc1noc(C(C)C)c1C(=O)NCC1(c2cccc(Br)c2)CCOCC1. The minimum Gasteiger partial charge on any atom is -0.381 e. The van der Waals surface area contributed by atoms with Crippen molar-refractivity contribution in [3.63, 3.8) is 0 Å². The number of aryl methyl sites for hydroxylation is 1. The van der Waals surface area contributed by atoms with Gasteiger partial charge in [-0.15, -0.1) is 0 Å². The van der Waals surface area contributed by atoms with Gasteiger partial charge in [-0.2, -0.15) is 0 Å². The minimum absolute atomic E-state index is 0.110. The number of halogens is 1. The number of carbonyl (C=O) groups excluding carboxylic acids is 1. The molecule has 0 atom stereocenters. The van der Waals surface area contributed by atoms with E-state index in [-0.39, 0.29) is 17.2 Å². The first-order valence-electron chi connectivity index (χ1n) is 9.01. The maximum absolute atomic E-state index is 12.9. The first-order chi connectivity index (χ1) is 12.4. The highest BCUT2D eigenvalue weighted by atomic mass is 79.9. The average molecular weight is 421 g/mol. The molecular formula is C20H25BrN2O3. The smallest absolute Gasteiger partial charge is 0.256 e. The van der Waals surface area contributed by atoms with Crippen molar-refractivity contribution >= 4 is 21.8 Å². The second-order valence-corrected chi connectivity index (χ2v) is 8.16. The average Bonchev–Trinajstić information content (AvgIpc) is 3.02. The van der Waals surface area contributed by atoms with Crippen LogP contribution in [0.2, 0.25) is 0 Å². The molecule has 1 aromatic carbocycles. The number of rotatable bonds is 5. The summed E-state index contributed by atoms with van der Waals surface area (Å²) >= 11 is 3.56. The first kappa shape index (κ1) is 19.1. The van der Waals surface area contributed by atoms with E-state index in [1.807, 2.05) is 32.9 Å². The van der Waals surface area contributed by atoms with Crippen LogP contribution in [-0.4, -0.2) is 30.8 Å². The Morgan fingerprint density at radius 1 is 1.35 bits per heavy atom. The van der Waals surface area contributed by atoms with E-state index in [1.165, 1.54) is 5.56 Å². The van der Waals surface area contributed by atoms with Gasteiger partial charge in [-0.1, -0.05) is 47.1 Å². The predicted molar refractivity (Wildman–Crippen MR) is 104 cm³/mol. The third-order valence-corrected chi connectivity index (χ3v) is 5.61. The molecule has 6 heteroatoms. The van der Waals surface area contributed by atoms with Crippen molar-refractivity contribution in [2.24, 2.45) is 0 Å². The molecule has 1 N–H and O–H groups in total. The van der Waals surface area contributed by atoms with Crippen LogP contribution in [0.1, 0.15) is 60.0 Å². The van der Waals surface area contributed by atoms with Crippen LogP contribution >= 0.6 is 15.9 Å². The Labute approximate surface area is 162 Å². The zero-order valence-corrected chi connectivity index (χ0v) is 17.1. The highest BCUT2D eigenvalue weighted by Gasteiger charge is 2.35. The van der Waals surface area contributed by atoms with Gasteiger partial charge in [0.2, 0.25) is 0 Å². The lowest BCUT2D eigenvalue weighted by atomic mass is 9.74. The molecule has 1 fully saturated rings. The monoisotopic (exact) mass is 420 g/mol. The van der Waals surface area contributed by atoms with E-state index < -0.39 is 0 Å². The molecule has 1 aliphatic heterocycles. The number of hydrogen-bond acceptors (Lipinski definition) is 4. The molecule has 0 radical (unpaired) electrons. The summed E-state index contributed by atoms with van der Waals surface area (Å²) in [6, 6.07) is 8.33. The van der Waals surface area contributed by atoms with Crippen LogP contribution in [-0.2, 0) is 10.2 Å². The Hall–Kier alpha value is -1.66. The molecule has 0 saturated carbocycles. The van der Waals surface area contributed by atoms with Gasteiger partial charge in [0.1, 0.15) is 5.56 Å². The molecule has 0 aliphatic carbocycles. The van der Waals surface area contributed by atoms with Crippen LogP contribution in [0.25, 0.3) is 0 Å². The number of ether oxygens (including phenoxy) is 1. The van der Waals surface area contributed by atoms with Crippen LogP contribution in [0.15, 0.2) is 33.3 Å². The summed E-state index contributed by atoms with van der Waals surface area (Å²) in [6.45, 7) is 7.77. The number of aromatic nitrogens is 1. The summed E-state index contributed by atoms with van der Waals surface area (Å²) in [4.78, 5) is 12.9.